The van der Waals surface area contributed by atoms with Crippen LogP contribution in [-0.2, 0) is 6.42 Å². The van der Waals surface area contributed by atoms with Gasteiger partial charge in [0.2, 0.25) is 5.95 Å². The maximum Gasteiger partial charge on any atom is 0.250 e. The number of para-hydroxylation sites is 1. The molecule has 0 bridgehead atoms. The fraction of sp³-hybridized carbons (Fsp3) is 0.154. The number of aromatic amines is 1. The van der Waals surface area contributed by atoms with Crippen molar-refractivity contribution < 1.29 is 4.74 Å². The van der Waals surface area contributed by atoms with Gasteiger partial charge in [0.15, 0.2) is 5.65 Å². The zero-order valence-electron chi connectivity index (χ0n) is 10.4. The van der Waals surface area contributed by atoms with E-state index in [1.807, 2.05) is 24.3 Å². The molecule has 0 aliphatic heterocycles. The highest BCUT2D eigenvalue weighted by Crippen LogP contribution is 2.28. The van der Waals surface area contributed by atoms with Crippen LogP contribution in [0.15, 0.2) is 30.6 Å². The van der Waals surface area contributed by atoms with E-state index in [-0.39, 0.29) is 5.95 Å². The standard InChI is InChI=1S/C13H13N5O/c1-2-8-5-3-4-6-9(8)19-12-10-11(16-7-15-10)17-13(14)18-12/h3-7H,2H2,1H3,(H3,14,15,16,17,18). The van der Waals surface area contributed by atoms with Crippen molar-refractivity contribution in [2.24, 2.45) is 0 Å². The normalized spacial score (nSPS) is 10.8. The first-order chi connectivity index (χ1) is 9.28. The smallest absolute Gasteiger partial charge is 0.250 e. The molecule has 3 rings (SSSR count). The highest BCUT2D eigenvalue weighted by atomic mass is 16.5. The van der Waals surface area contributed by atoms with Crippen LogP contribution in [0, 0.1) is 0 Å². The van der Waals surface area contributed by atoms with E-state index < -0.39 is 0 Å². The molecule has 96 valence electrons. The Kier molecular flexibility index (Phi) is 2.75. The van der Waals surface area contributed by atoms with Crippen molar-refractivity contribution in [3.05, 3.63) is 36.2 Å². The number of anilines is 1. The lowest BCUT2D eigenvalue weighted by Gasteiger charge is -2.09. The third-order valence-electron chi connectivity index (χ3n) is 2.83. The van der Waals surface area contributed by atoms with Gasteiger partial charge in [-0.15, -0.1) is 0 Å². The van der Waals surface area contributed by atoms with Crippen LogP contribution in [0.3, 0.4) is 0 Å². The predicted octanol–water partition coefficient (Wildman–Crippen LogP) is 2.29. The minimum Gasteiger partial charge on any atom is -0.437 e. The molecule has 1 aromatic carbocycles. The van der Waals surface area contributed by atoms with Gasteiger partial charge >= 0.3 is 0 Å². The number of nitrogens with two attached hydrogens (primary N) is 1. The van der Waals surface area contributed by atoms with E-state index in [9.17, 15) is 0 Å². The Balaban J connectivity index is 2.07. The summed E-state index contributed by atoms with van der Waals surface area (Å²) in [4.78, 5) is 15.2. The van der Waals surface area contributed by atoms with Crippen molar-refractivity contribution in [3.63, 3.8) is 0 Å². The fourth-order valence-electron chi connectivity index (χ4n) is 1.90. The van der Waals surface area contributed by atoms with E-state index in [0.29, 0.717) is 17.0 Å². The second-order valence-electron chi connectivity index (χ2n) is 4.05. The van der Waals surface area contributed by atoms with E-state index in [0.717, 1.165) is 17.7 Å². The van der Waals surface area contributed by atoms with Gasteiger partial charge in [-0.3, -0.25) is 0 Å². The summed E-state index contributed by atoms with van der Waals surface area (Å²) < 4.78 is 5.85. The van der Waals surface area contributed by atoms with Gasteiger partial charge in [-0.1, -0.05) is 25.1 Å². The average Bonchev–Trinajstić information content (AvgIpc) is 2.87. The molecule has 0 aliphatic rings. The van der Waals surface area contributed by atoms with Gasteiger partial charge in [0.05, 0.1) is 6.33 Å². The van der Waals surface area contributed by atoms with Crippen molar-refractivity contribution in [1.82, 2.24) is 19.9 Å². The Morgan fingerprint density at radius 1 is 1.26 bits per heavy atom. The summed E-state index contributed by atoms with van der Waals surface area (Å²) >= 11 is 0. The van der Waals surface area contributed by atoms with Crippen LogP contribution < -0.4 is 10.5 Å². The highest BCUT2D eigenvalue weighted by Gasteiger charge is 2.12. The summed E-state index contributed by atoms with van der Waals surface area (Å²) in [6, 6.07) is 7.82. The zero-order chi connectivity index (χ0) is 13.2. The first-order valence-corrected chi connectivity index (χ1v) is 6.00. The Morgan fingerprint density at radius 2 is 2.11 bits per heavy atom. The summed E-state index contributed by atoms with van der Waals surface area (Å²) in [5, 5.41) is 0. The monoisotopic (exact) mass is 255 g/mol. The largest absolute Gasteiger partial charge is 0.437 e. The molecule has 2 aromatic heterocycles. The summed E-state index contributed by atoms with van der Waals surface area (Å²) in [6.07, 6.45) is 2.42. The summed E-state index contributed by atoms with van der Waals surface area (Å²) in [5.41, 5.74) is 7.89. The van der Waals surface area contributed by atoms with Gasteiger partial charge in [-0.05, 0) is 18.1 Å². The van der Waals surface area contributed by atoms with Crippen LogP contribution >= 0.6 is 0 Å². The zero-order valence-corrected chi connectivity index (χ0v) is 10.4. The van der Waals surface area contributed by atoms with Crippen LogP contribution in [-0.4, -0.2) is 19.9 Å². The molecule has 0 radical (unpaired) electrons. The lowest BCUT2D eigenvalue weighted by atomic mass is 10.1. The lowest BCUT2D eigenvalue weighted by Crippen LogP contribution is -1.99. The lowest BCUT2D eigenvalue weighted by molar-refractivity contribution is 0.462. The van der Waals surface area contributed by atoms with E-state index >= 15 is 0 Å². The number of nitrogens with one attached hydrogen (secondary N) is 1. The Bertz CT molecular complexity index is 722. The first-order valence-electron chi connectivity index (χ1n) is 6.00. The molecular weight excluding hydrogens is 242 g/mol. The molecule has 0 atom stereocenters. The molecule has 0 saturated heterocycles. The molecule has 0 aliphatic carbocycles. The maximum absolute atomic E-state index is 5.85. The van der Waals surface area contributed by atoms with Crippen molar-refractivity contribution >= 4 is 17.1 Å². The summed E-state index contributed by atoms with van der Waals surface area (Å²) in [6.45, 7) is 2.07. The number of rotatable bonds is 3. The van der Waals surface area contributed by atoms with Crippen molar-refractivity contribution in [2.75, 3.05) is 5.73 Å². The van der Waals surface area contributed by atoms with Gasteiger partial charge in [0, 0.05) is 0 Å². The van der Waals surface area contributed by atoms with Gasteiger partial charge in [0.25, 0.3) is 5.88 Å². The number of nitrogens with zero attached hydrogens (tertiary/aromatic N) is 3. The highest BCUT2D eigenvalue weighted by molar-refractivity contribution is 5.77. The molecule has 0 unspecified atom stereocenters. The number of aryl methyl sites for hydroxylation is 1. The van der Waals surface area contributed by atoms with Gasteiger partial charge in [-0.2, -0.15) is 9.97 Å². The second-order valence-corrected chi connectivity index (χ2v) is 4.05. The molecular formula is C13H13N5O. The third kappa shape index (κ3) is 2.08. The molecule has 0 amide bonds. The number of benzene rings is 1. The Hall–Kier alpha value is -2.63. The van der Waals surface area contributed by atoms with Crippen LogP contribution in [0.1, 0.15) is 12.5 Å². The maximum atomic E-state index is 5.85. The van der Waals surface area contributed by atoms with E-state index in [1.165, 1.54) is 6.33 Å². The number of nitrogen functional groups attached to an aromatic ring is 1. The van der Waals surface area contributed by atoms with Crippen LogP contribution in [0.2, 0.25) is 0 Å². The Labute approximate surface area is 109 Å². The number of imidazole rings is 1. The third-order valence-corrected chi connectivity index (χ3v) is 2.83. The molecule has 19 heavy (non-hydrogen) atoms. The molecule has 6 nitrogen and oxygen atoms in total. The molecule has 3 N–H and O–H groups in total. The van der Waals surface area contributed by atoms with Crippen molar-refractivity contribution in [3.8, 4) is 11.6 Å². The van der Waals surface area contributed by atoms with Crippen molar-refractivity contribution in [2.45, 2.75) is 13.3 Å². The fourth-order valence-corrected chi connectivity index (χ4v) is 1.90. The van der Waals surface area contributed by atoms with Crippen LogP contribution in [0.25, 0.3) is 11.2 Å². The van der Waals surface area contributed by atoms with Crippen molar-refractivity contribution in [1.29, 1.82) is 0 Å². The number of aromatic nitrogens is 4. The summed E-state index contributed by atoms with van der Waals surface area (Å²) in [5.74, 6) is 1.29. The molecule has 6 heteroatoms. The number of hydrogen-bond donors (Lipinski definition) is 2. The minimum absolute atomic E-state index is 0.142. The number of fused-ring (bicyclic) bond motifs is 1. The average molecular weight is 255 g/mol. The minimum atomic E-state index is 0.142. The van der Waals surface area contributed by atoms with E-state index in [4.69, 9.17) is 10.5 Å². The molecule has 0 saturated carbocycles. The topological polar surface area (TPSA) is 89.7 Å². The number of hydrogen-bond acceptors (Lipinski definition) is 5. The number of H-pyrrole nitrogens is 1. The SMILES string of the molecule is CCc1ccccc1Oc1nc(N)nc2nc[nH]c12. The summed E-state index contributed by atoms with van der Waals surface area (Å²) in [7, 11) is 0. The van der Waals surface area contributed by atoms with E-state index in [2.05, 4.69) is 26.9 Å². The van der Waals surface area contributed by atoms with Crippen LogP contribution in [0.5, 0.6) is 11.6 Å². The molecule has 2 heterocycles. The Morgan fingerprint density at radius 3 is 2.95 bits per heavy atom. The van der Waals surface area contributed by atoms with Crippen LogP contribution in [0.4, 0.5) is 5.95 Å². The molecule has 3 aromatic rings. The molecule has 0 fully saturated rings. The molecule has 0 spiro atoms. The second kappa shape index (κ2) is 4.56. The van der Waals surface area contributed by atoms with Gasteiger partial charge < -0.3 is 15.5 Å². The quantitative estimate of drug-likeness (QED) is 0.749. The van der Waals surface area contributed by atoms with Gasteiger partial charge in [-0.25, -0.2) is 4.98 Å². The number of ether oxygens (including phenoxy) is 1. The van der Waals surface area contributed by atoms with Gasteiger partial charge in [0.1, 0.15) is 11.3 Å². The van der Waals surface area contributed by atoms with E-state index in [1.54, 1.807) is 0 Å². The predicted molar refractivity (Wildman–Crippen MR) is 72.0 cm³/mol. The first kappa shape index (κ1) is 11.5.